The number of hydrogen-bond donors (Lipinski definition) is 1. The molecule has 0 fully saturated rings. The molecule has 0 spiro atoms. The molecule has 1 N–H and O–H groups in total. The zero-order chi connectivity index (χ0) is 21.1. The van der Waals surface area contributed by atoms with Crippen LogP contribution in [-0.2, 0) is 17.6 Å². The van der Waals surface area contributed by atoms with Gasteiger partial charge in [-0.05, 0) is 65.4 Å². The third-order valence-electron chi connectivity index (χ3n) is 5.57. The molecule has 30 heavy (non-hydrogen) atoms. The Morgan fingerprint density at radius 2 is 1.90 bits per heavy atom. The smallest absolute Gasteiger partial charge is 0.226 e. The number of phenolic OH excluding ortho intramolecular Hbond substituents is 1. The predicted octanol–water partition coefficient (Wildman–Crippen LogP) is 4.57. The van der Waals surface area contributed by atoms with Crippen LogP contribution in [0.4, 0.5) is 5.69 Å². The van der Waals surface area contributed by atoms with Gasteiger partial charge in [0.05, 0.1) is 5.56 Å². The van der Waals surface area contributed by atoms with Crippen molar-refractivity contribution in [3.8, 4) is 16.9 Å². The Bertz CT molecular complexity index is 1090. The van der Waals surface area contributed by atoms with E-state index in [1.54, 1.807) is 24.5 Å². The lowest BCUT2D eigenvalue weighted by atomic mass is 9.97. The molecular formula is C25H24N2O3. The van der Waals surface area contributed by atoms with Crippen LogP contribution >= 0.6 is 0 Å². The van der Waals surface area contributed by atoms with Gasteiger partial charge in [0.2, 0.25) is 5.91 Å². The number of Topliss-reactive ketones (excluding diaryl/α,β-unsaturated/α-hetero) is 1. The molecule has 4 rings (SSSR count). The number of aromatic hydroxyl groups is 1. The van der Waals surface area contributed by atoms with Gasteiger partial charge in [0.15, 0.2) is 5.78 Å². The van der Waals surface area contributed by atoms with Crippen LogP contribution in [-0.4, -0.2) is 28.3 Å². The molecule has 1 aromatic heterocycles. The molecular weight excluding hydrogens is 376 g/mol. The molecule has 3 aromatic rings. The van der Waals surface area contributed by atoms with Gasteiger partial charge in [-0.2, -0.15) is 0 Å². The normalized spacial score (nSPS) is 12.6. The van der Waals surface area contributed by atoms with Gasteiger partial charge in [-0.1, -0.05) is 25.1 Å². The van der Waals surface area contributed by atoms with Crippen LogP contribution in [0, 0.1) is 0 Å². The first-order valence-corrected chi connectivity index (χ1v) is 10.3. The lowest BCUT2D eigenvalue weighted by Gasteiger charge is -2.16. The van der Waals surface area contributed by atoms with Crippen molar-refractivity contribution in [1.29, 1.82) is 0 Å². The van der Waals surface area contributed by atoms with E-state index in [-0.39, 0.29) is 17.4 Å². The van der Waals surface area contributed by atoms with Crippen LogP contribution < -0.4 is 4.90 Å². The van der Waals surface area contributed by atoms with Crippen molar-refractivity contribution in [3.05, 3.63) is 77.6 Å². The van der Waals surface area contributed by atoms with Gasteiger partial charge in [-0.15, -0.1) is 0 Å². The van der Waals surface area contributed by atoms with Crippen LogP contribution in [0.5, 0.6) is 5.75 Å². The average molecular weight is 400 g/mol. The maximum atomic E-state index is 12.6. The number of nitrogens with zero attached hydrogens (tertiary/aromatic N) is 2. The number of ketones is 1. The Balaban J connectivity index is 1.51. The first-order chi connectivity index (χ1) is 14.6. The second-order valence-corrected chi connectivity index (χ2v) is 7.51. The number of hydrogen-bond acceptors (Lipinski definition) is 4. The number of aromatic nitrogens is 1. The minimum atomic E-state index is -0.0921. The van der Waals surface area contributed by atoms with Crippen molar-refractivity contribution in [1.82, 2.24) is 4.98 Å². The molecule has 1 amide bonds. The maximum Gasteiger partial charge on any atom is 0.226 e. The van der Waals surface area contributed by atoms with E-state index >= 15 is 0 Å². The molecule has 1 aliphatic heterocycles. The molecule has 0 aliphatic carbocycles. The lowest BCUT2D eigenvalue weighted by molar-refractivity contribution is -0.118. The molecule has 0 radical (unpaired) electrons. The molecule has 2 heterocycles. The van der Waals surface area contributed by atoms with Gasteiger partial charge in [0.25, 0.3) is 0 Å². The number of anilines is 1. The van der Waals surface area contributed by atoms with E-state index in [0.717, 1.165) is 34.4 Å². The minimum Gasteiger partial charge on any atom is -0.507 e. The van der Waals surface area contributed by atoms with Crippen molar-refractivity contribution in [2.24, 2.45) is 0 Å². The summed E-state index contributed by atoms with van der Waals surface area (Å²) in [6, 6.07) is 15.0. The van der Waals surface area contributed by atoms with Crippen LogP contribution in [0.1, 0.15) is 41.3 Å². The molecule has 0 saturated heterocycles. The number of carbonyl (C=O) groups is 2. The summed E-state index contributed by atoms with van der Waals surface area (Å²) in [5.74, 6) is 0.0332. The fraction of sp³-hybridized carbons (Fsp3) is 0.240. The van der Waals surface area contributed by atoms with E-state index in [0.29, 0.717) is 31.4 Å². The molecule has 0 unspecified atom stereocenters. The van der Waals surface area contributed by atoms with Crippen molar-refractivity contribution < 1.29 is 14.7 Å². The molecule has 5 nitrogen and oxygen atoms in total. The Hall–Kier alpha value is -3.47. The Morgan fingerprint density at radius 3 is 2.63 bits per heavy atom. The SMILES string of the molecule is CCC(=O)N1CCc2cc(-c3ccc(C(=O)CCc4cccnc4)c(O)c3)ccc21. The van der Waals surface area contributed by atoms with Crippen molar-refractivity contribution in [2.75, 3.05) is 11.4 Å². The van der Waals surface area contributed by atoms with E-state index in [1.807, 2.05) is 42.2 Å². The number of benzene rings is 2. The van der Waals surface area contributed by atoms with Gasteiger partial charge >= 0.3 is 0 Å². The Kier molecular flexibility index (Phi) is 5.61. The number of amides is 1. The molecule has 1 aliphatic rings. The quantitative estimate of drug-likeness (QED) is 0.616. The molecule has 0 saturated carbocycles. The van der Waals surface area contributed by atoms with Gasteiger partial charge in [0, 0.05) is 37.5 Å². The summed E-state index contributed by atoms with van der Waals surface area (Å²) in [5, 5.41) is 10.5. The number of carbonyl (C=O) groups excluding carboxylic acids is 2. The van der Waals surface area contributed by atoms with E-state index in [1.165, 1.54) is 0 Å². The van der Waals surface area contributed by atoms with Crippen molar-refractivity contribution >= 4 is 17.4 Å². The summed E-state index contributed by atoms with van der Waals surface area (Å²) in [4.78, 5) is 30.5. The van der Waals surface area contributed by atoms with Crippen molar-refractivity contribution in [2.45, 2.75) is 32.6 Å². The summed E-state index contributed by atoms with van der Waals surface area (Å²) in [6.45, 7) is 2.58. The largest absolute Gasteiger partial charge is 0.507 e. The van der Waals surface area contributed by atoms with Crippen LogP contribution in [0.3, 0.4) is 0 Å². The maximum absolute atomic E-state index is 12.6. The zero-order valence-electron chi connectivity index (χ0n) is 17.0. The highest BCUT2D eigenvalue weighted by Gasteiger charge is 2.23. The Labute approximate surface area is 176 Å². The number of rotatable bonds is 6. The Morgan fingerprint density at radius 1 is 1.10 bits per heavy atom. The average Bonchev–Trinajstić information content (AvgIpc) is 3.21. The highest BCUT2D eigenvalue weighted by atomic mass is 16.3. The fourth-order valence-electron chi connectivity index (χ4n) is 3.92. The standard InChI is InChI=1S/C25H24N2O3/c1-2-25(30)27-13-11-20-14-18(7-9-22(20)27)19-6-8-21(24(29)15-19)23(28)10-5-17-4-3-12-26-16-17/h3-4,6-9,12,14-16,29H,2,5,10-11,13H2,1H3. The first-order valence-electron chi connectivity index (χ1n) is 10.3. The summed E-state index contributed by atoms with van der Waals surface area (Å²) >= 11 is 0. The van der Waals surface area contributed by atoms with Crippen LogP contribution in [0.25, 0.3) is 11.1 Å². The minimum absolute atomic E-state index is 0.00743. The topological polar surface area (TPSA) is 70.5 Å². The van der Waals surface area contributed by atoms with E-state index in [2.05, 4.69) is 11.1 Å². The van der Waals surface area contributed by atoms with Crippen LogP contribution in [0.15, 0.2) is 60.9 Å². The van der Waals surface area contributed by atoms with E-state index in [4.69, 9.17) is 0 Å². The van der Waals surface area contributed by atoms with Gasteiger partial charge in [0.1, 0.15) is 5.75 Å². The van der Waals surface area contributed by atoms with E-state index in [9.17, 15) is 14.7 Å². The summed E-state index contributed by atoms with van der Waals surface area (Å²) in [6.07, 6.45) is 5.68. The van der Waals surface area contributed by atoms with Gasteiger partial charge < -0.3 is 10.0 Å². The third-order valence-corrected chi connectivity index (χ3v) is 5.57. The highest BCUT2D eigenvalue weighted by molar-refractivity contribution is 5.99. The number of phenols is 1. The molecule has 5 heteroatoms. The first kappa shape index (κ1) is 19.8. The van der Waals surface area contributed by atoms with Crippen LogP contribution in [0.2, 0.25) is 0 Å². The van der Waals surface area contributed by atoms with Gasteiger partial charge in [-0.3, -0.25) is 14.6 Å². The number of fused-ring (bicyclic) bond motifs is 1. The molecule has 2 aromatic carbocycles. The second kappa shape index (κ2) is 8.49. The van der Waals surface area contributed by atoms with Crippen molar-refractivity contribution in [3.63, 3.8) is 0 Å². The molecule has 0 atom stereocenters. The third kappa shape index (κ3) is 3.96. The summed E-state index contributed by atoms with van der Waals surface area (Å²) in [5.41, 5.74) is 5.24. The molecule has 152 valence electrons. The predicted molar refractivity (Wildman–Crippen MR) is 117 cm³/mol. The van der Waals surface area contributed by atoms with Gasteiger partial charge in [-0.25, -0.2) is 0 Å². The highest BCUT2D eigenvalue weighted by Crippen LogP contribution is 2.34. The number of aryl methyl sites for hydroxylation is 1. The zero-order valence-corrected chi connectivity index (χ0v) is 17.0. The number of pyridine rings is 1. The summed E-state index contributed by atoms with van der Waals surface area (Å²) < 4.78 is 0. The monoisotopic (exact) mass is 400 g/mol. The summed E-state index contributed by atoms with van der Waals surface area (Å²) in [7, 11) is 0. The molecule has 0 bridgehead atoms. The fourth-order valence-corrected chi connectivity index (χ4v) is 3.92. The lowest BCUT2D eigenvalue weighted by Crippen LogP contribution is -2.27. The van der Waals surface area contributed by atoms with E-state index < -0.39 is 0 Å². The second-order valence-electron chi connectivity index (χ2n) is 7.51.